The molecule has 0 bridgehead atoms. The maximum atomic E-state index is 11.4. The lowest BCUT2D eigenvalue weighted by Gasteiger charge is -2.26. The molecule has 1 aromatic carbocycles. The SMILES string of the molecule is NC(=S)c1ccc(CN2CCS(=O)(=O)CC2)c(Cl)c1. The molecular weight excluding hydrogens is 304 g/mol. The topological polar surface area (TPSA) is 63.4 Å². The number of halogens is 1. The third-order valence-corrected chi connectivity index (χ3v) is 5.37. The fourth-order valence-corrected chi connectivity index (χ4v) is 3.62. The first kappa shape index (κ1) is 14.7. The first-order valence-corrected chi connectivity index (χ1v) is 8.49. The Morgan fingerprint density at radius 2 is 2.00 bits per heavy atom. The quantitative estimate of drug-likeness (QED) is 0.849. The molecule has 1 aromatic rings. The molecule has 4 nitrogen and oxygen atoms in total. The van der Waals surface area contributed by atoms with Gasteiger partial charge in [-0.15, -0.1) is 0 Å². The maximum absolute atomic E-state index is 11.4. The molecule has 19 heavy (non-hydrogen) atoms. The molecule has 104 valence electrons. The molecule has 1 saturated heterocycles. The summed E-state index contributed by atoms with van der Waals surface area (Å²) in [7, 11) is -2.84. The van der Waals surface area contributed by atoms with Gasteiger partial charge in [-0.1, -0.05) is 36.0 Å². The van der Waals surface area contributed by atoms with Gasteiger partial charge in [-0.3, -0.25) is 4.90 Å². The van der Waals surface area contributed by atoms with Crippen LogP contribution in [0.1, 0.15) is 11.1 Å². The van der Waals surface area contributed by atoms with E-state index in [0.717, 1.165) is 11.1 Å². The van der Waals surface area contributed by atoms with Crippen LogP contribution in [0.4, 0.5) is 0 Å². The number of nitrogens with two attached hydrogens (primary N) is 1. The number of sulfone groups is 1. The Morgan fingerprint density at radius 1 is 1.37 bits per heavy atom. The van der Waals surface area contributed by atoms with Crippen LogP contribution in [0.25, 0.3) is 0 Å². The highest BCUT2D eigenvalue weighted by atomic mass is 35.5. The van der Waals surface area contributed by atoms with Gasteiger partial charge in [0.15, 0.2) is 9.84 Å². The molecule has 0 saturated carbocycles. The molecule has 2 rings (SSSR count). The van der Waals surface area contributed by atoms with Crippen molar-refractivity contribution >= 4 is 38.6 Å². The average Bonchev–Trinajstić information content (AvgIpc) is 2.34. The number of hydrogen-bond donors (Lipinski definition) is 1. The van der Waals surface area contributed by atoms with Gasteiger partial charge in [0, 0.05) is 30.2 Å². The van der Waals surface area contributed by atoms with Crippen molar-refractivity contribution in [2.75, 3.05) is 24.6 Å². The number of benzene rings is 1. The summed E-state index contributed by atoms with van der Waals surface area (Å²) in [6.45, 7) is 1.75. The van der Waals surface area contributed by atoms with Crippen LogP contribution in [0, 0.1) is 0 Å². The average molecular weight is 319 g/mol. The Bertz CT molecular complexity index is 588. The zero-order valence-corrected chi connectivity index (χ0v) is 12.7. The molecule has 0 spiro atoms. The highest BCUT2D eigenvalue weighted by molar-refractivity contribution is 7.91. The van der Waals surface area contributed by atoms with Gasteiger partial charge >= 0.3 is 0 Å². The van der Waals surface area contributed by atoms with E-state index in [1.54, 1.807) is 6.07 Å². The molecule has 1 fully saturated rings. The van der Waals surface area contributed by atoms with Crippen molar-refractivity contribution in [1.82, 2.24) is 4.90 Å². The van der Waals surface area contributed by atoms with Crippen molar-refractivity contribution in [2.45, 2.75) is 6.54 Å². The van der Waals surface area contributed by atoms with Crippen molar-refractivity contribution in [3.63, 3.8) is 0 Å². The lowest BCUT2D eigenvalue weighted by atomic mass is 10.1. The molecule has 0 unspecified atom stereocenters. The summed E-state index contributed by atoms with van der Waals surface area (Å²) >= 11 is 11.1. The molecule has 1 aliphatic heterocycles. The van der Waals surface area contributed by atoms with E-state index < -0.39 is 9.84 Å². The molecule has 0 aliphatic carbocycles. The number of hydrogen-bond acceptors (Lipinski definition) is 4. The lowest BCUT2D eigenvalue weighted by molar-refractivity contribution is 0.288. The highest BCUT2D eigenvalue weighted by Crippen LogP contribution is 2.20. The van der Waals surface area contributed by atoms with Crippen LogP contribution in [0.2, 0.25) is 5.02 Å². The van der Waals surface area contributed by atoms with E-state index in [1.807, 2.05) is 12.1 Å². The minimum atomic E-state index is -2.84. The van der Waals surface area contributed by atoms with Crippen LogP contribution < -0.4 is 5.73 Å². The lowest BCUT2D eigenvalue weighted by Crippen LogP contribution is -2.39. The summed E-state index contributed by atoms with van der Waals surface area (Å²) in [6, 6.07) is 5.48. The second-order valence-electron chi connectivity index (χ2n) is 4.60. The molecule has 0 radical (unpaired) electrons. The van der Waals surface area contributed by atoms with Crippen LogP contribution in [0.3, 0.4) is 0 Å². The first-order valence-electron chi connectivity index (χ1n) is 5.88. The predicted octanol–water partition coefficient (Wildman–Crippen LogP) is 1.20. The van der Waals surface area contributed by atoms with Crippen LogP contribution in [0.15, 0.2) is 18.2 Å². The predicted molar refractivity (Wildman–Crippen MR) is 81.3 cm³/mol. The Labute approximate surface area is 123 Å². The summed E-state index contributed by atoms with van der Waals surface area (Å²) in [5.41, 5.74) is 7.24. The summed E-state index contributed by atoms with van der Waals surface area (Å²) in [5, 5.41) is 0.610. The third-order valence-electron chi connectivity index (χ3n) is 3.17. The molecule has 0 atom stereocenters. The normalized spacial score (nSPS) is 19.2. The van der Waals surface area contributed by atoms with Gasteiger partial charge in [0.25, 0.3) is 0 Å². The fourth-order valence-electron chi connectivity index (χ4n) is 1.98. The second kappa shape index (κ2) is 5.75. The van der Waals surface area contributed by atoms with E-state index in [0.29, 0.717) is 29.6 Å². The highest BCUT2D eigenvalue weighted by Gasteiger charge is 2.21. The fraction of sp³-hybridized carbons (Fsp3) is 0.417. The Kier molecular flexibility index (Phi) is 4.45. The summed E-state index contributed by atoms with van der Waals surface area (Å²) < 4.78 is 22.7. The van der Waals surface area contributed by atoms with Gasteiger partial charge in [0.1, 0.15) is 4.99 Å². The number of thiocarbonyl (C=S) groups is 1. The van der Waals surface area contributed by atoms with E-state index in [4.69, 9.17) is 29.6 Å². The third kappa shape index (κ3) is 3.89. The van der Waals surface area contributed by atoms with Gasteiger partial charge < -0.3 is 5.73 Å². The van der Waals surface area contributed by atoms with Crippen molar-refractivity contribution in [2.24, 2.45) is 5.73 Å². The summed E-state index contributed by atoms with van der Waals surface area (Å²) in [5.74, 6) is 0.436. The van der Waals surface area contributed by atoms with Crippen molar-refractivity contribution in [3.8, 4) is 0 Å². The number of rotatable bonds is 3. The largest absolute Gasteiger partial charge is 0.389 e. The van der Waals surface area contributed by atoms with E-state index in [9.17, 15) is 8.42 Å². The van der Waals surface area contributed by atoms with Crippen LogP contribution >= 0.6 is 23.8 Å². The molecule has 1 aliphatic rings. The molecule has 7 heteroatoms. The van der Waals surface area contributed by atoms with E-state index in [-0.39, 0.29) is 11.5 Å². The Hall–Kier alpha value is -0.690. The minimum absolute atomic E-state index is 0.218. The monoisotopic (exact) mass is 318 g/mol. The van der Waals surface area contributed by atoms with Crippen LogP contribution in [0.5, 0.6) is 0 Å². The number of nitrogens with zero attached hydrogens (tertiary/aromatic N) is 1. The maximum Gasteiger partial charge on any atom is 0.152 e. The molecule has 0 aromatic heterocycles. The standard InChI is InChI=1S/C12H15ClN2O2S2/c13-11-7-9(12(14)18)1-2-10(11)8-15-3-5-19(16,17)6-4-15/h1-2,7H,3-6,8H2,(H2,14,18). The van der Waals surface area contributed by atoms with E-state index in [1.165, 1.54) is 0 Å². The summed E-state index contributed by atoms with van der Waals surface area (Å²) in [4.78, 5) is 2.40. The van der Waals surface area contributed by atoms with E-state index >= 15 is 0 Å². The molecule has 2 N–H and O–H groups in total. The van der Waals surface area contributed by atoms with Crippen molar-refractivity contribution in [3.05, 3.63) is 34.3 Å². The van der Waals surface area contributed by atoms with Crippen molar-refractivity contribution < 1.29 is 8.42 Å². The Balaban J connectivity index is 2.06. The van der Waals surface area contributed by atoms with Gasteiger partial charge in [0.05, 0.1) is 11.5 Å². The van der Waals surface area contributed by atoms with Gasteiger partial charge in [-0.05, 0) is 11.6 Å². The van der Waals surface area contributed by atoms with Gasteiger partial charge in [-0.2, -0.15) is 0 Å². The second-order valence-corrected chi connectivity index (χ2v) is 7.75. The minimum Gasteiger partial charge on any atom is -0.389 e. The van der Waals surface area contributed by atoms with Gasteiger partial charge in [0.2, 0.25) is 0 Å². The zero-order chi connectivity index (χ0) is 14.0. The van der Waals surface area contributed by atoms with Gasteiger partial charge in [-0.25, -0.2) is 8.42 Å². The summed E-state index contributed by atoms with van der Waals surface area (Å²) in [6.07, 6.45) is 0. The van der Waals surface area contributed by atoms with E-state index in [2.05, 4.69) is 4.90 Å². The molecule has 0 amide bonds. The van der Waals surface area contributed by atoms with Crippen LogP contribution in [-0.4, -0.2) is 42.9 Å². The van der Waals surface area contributed by atoms with Crippen molar-refractivity contribution in [1.29, 1.82) is 0 Å². The van der Waals surface area contributed by atoms with Crippen LogP contribution in [-0.2, 0) is 16.4 Å². The molecular formula is C12H15ClN2O2S2. The smallest absolute Gasteiger partial charge is 0.152 e. The first-order chi connectivity index (χ1) is 8.87. The Morgan fingerprint density at radius 3 is 2.53 bits per heavy atom. The molecule has 1 heterocycles. The zero-order valence-electron chi connectivity index (χ0n) is 10.3.